The summed E-state index contributed by atoms with van der Waals surface area (Å²) in [6.45, 7) is 2.27. The molecule has 1 aromatic heterocycles. The molecular formula is C23H18ClF2NO2. The lowest BCUT2D eigenvalue weighted by atomic mass is 10.0. The number of fused-ring (bicyclic) bond motifs is 1. The van der Waals surface area contributed by atoms with Gasteiger partial charge in [0.1, 0.15) is 5.52 Å². The van der Waals surface area contributed by atoms with Crippen molar-refractivity contribution in [2.24, 2.45) is 0 Å². The van der Waals surface area contributed by atoms with E-state index in [0.717, 1.165) is 18.4 Å². The lowest BCUT2D eigenvalue weighted by Gasteiger charge is -2.10. The van der Waals surface area contributed by atoms with Crippen molar-refractivity contribution in [2.45, 2.75) is 19.8 Å². The predicted molar refractivity (Wildman–Crippen MR) is 110 cm³/mol. The lowest BCUT2D eigenvalue weighted by Crippen LogP contribution is -2.01. The molecule has 0 atom stereocenters. The standard InChI is InChI=1S/C23H18ClF2NO2/c1-2-3-10-28-22-18(25)11-16(12-19(22)26)14-4-6-15(7-5-14)23-27-20-13-17(24)8-9-21(20)29-23/h4-9,11-13H,2-3,10H2,1H3. The van der Waals surface area contributed by atoms with Crippen molar-refractivity contribution >= 4 is 22.7 Å². The number of hydrogen-bond donors (Lipinski definition) is 0. The first-order valence-electron chi connectivity index (χ1n) is 9.34. The van der Waals surface area contributed by atoms with Gasteiger partial charge in [-0.1, -0.05) is 37.1 Å². The van der Waals surface area contributed by atoms with E-state index in [1.54, 1.807) is 42.5 Å². The number of aromatic nitrogens is 1. The first kappa shape index (κ1) is 19.4. The molecule has 0 fully saturated rings. The van der Waals surface area contributed by atoms with Crippen molar-refractivity contribution in [1.82, 2.24) is 4.98 Å². The Morgan fingerprint density at radius 2 is 1.62 bits per heavy atom. The van der Waals surface area contributed by atoms with Gasteiger partial charge in [-0.2, -0.15) is 0 Å². The highest BCUT2D eigenvalue weighted by Crippen LogP contribution is 2.31. The fourth-order valence-electron chi connectivity index (χ4n) is 3.01. The van der Waals surface area contributed by atoms with Crippen LogP contribution in [0.25, 0.3) is 33.7 Å². The molecule has 0 bridgehead atoms. The van der Waals surface area contributed by atoms with Gasteiger partial charge in [0.2, 0.25) is 5.89 Å². The third-order valence-electron chi connectivity index (χ3n) is 4.56. The number of benzene rings is 3. The van der Waals surface area contributed by atoms with Gasteiger partial charge in [-0.05, 0) is 60.0 Å². The van der Waals surface area contributed by atoms with E-state index in [2.05, 4.69) is 4.98 Å². The molecule has 0 amide bonds. The average molecular weight is 414 g/mol. The summed E-state index contributed by atoms with van der Waals surface area (Å²) in [6.07, 6.45) is 1.63. The molecule has 0 N–H and O–H groups in total. The maximum atomic E-state index is 14.3. The summed E-state index contributed by atoms with van der Waals surface area (Å²) in [4.78, 5) is 4.43. The van der Waals surface area contributed by atoms with Crippen LogP contribution in [0.3, 0.4) is 0 Å². The molecule has 4 aromatic rings. The van der Waals surface area contributed by atoms with Crippen molar-refractivity contribution in [3.63, 3.8) is 0 Å². The second kappa shape index (κ2) is 8.21. The van der Waals surface area contributed by atoms with Gasteiger partial charge in [-0.15, -0.1) is 0 Å². The van der Waals surface area contributed by atoms with Crippen LogP contribution in [0.2, 0.25) is 5.02 Å². The summed E-state index contributed by atoms with van der Waals surface area (Å²) in [7, 11) is 0. The van der Waals surface area contributed by atoms with Gasteiger partial charge in [0.25, 0.3) is 0 Å². The molecule has 0 saturated carbocycles. The van der Waals surface area contributed by atoms with Crippen molar-refractivity contribution in [2.75, 3.05) is 6.61 Å². The second-order valence-corrected chi connectivity index (χ2v) is 7.12. The first-order valence-corrected chi connectivity index (χ1v) is 9.71. The number of ether oxygens (including phenoxy) is 1. The average Bonchev–Trinajstić information content (AvgIpc) is 3.13. The summed E-state index contributed by atoms with van der Waals surface area (Å²) >= 11 is 5.98. The van der Waals surface area contributed by atoms with Gasteiger partial charge in [0.05, 0.1) is 6.61 Å². The highest BCUT2D eigenvalue weighted by Gasteiger charge is 2.14. The van der Waals surface area contributed by atoms with Gasteiger partial charge in [-0.25, -0.2) is 13.8 Å². The normalized spacial score (nSPS) is 11.2. The van der Waals surface area contributed by atoms with Crippen LogP contribution in [-0.2, 0) is 0 Å². The minimum absolute atomic E-state index is 0.286. The maximum Gasteiger partial charge on any atom is 0.227 e. The van der Waals surface area contributed by atoms with E-state index < -0.39 is 11.6 Å². The quantitative estimate of drug-likeness (QED) is 0.312. The zero-order chi connectivity index (χ0) is 20.4. The second-order valence-electron chi connectivity index (χ2n) is 6.68. The molecule has 1 heterocycles. The van der Waals surface area contributed by atoms with Crippen molar-refractivity contribution < 1.29 is 17.9 Å². The summed E-state index contributed by atoms with van der Waals surface area (Å²) in [5.41, 5.74) is 3.15. The summed E-state index contributed by atoms with van der Waals surface area (Å²) in [5, 5.41) is 0.582. The highest BCUT2D eigenvalue weighted by molar-refractivity contribution is 6.31. The molecule has 3 nitrogen and oxygen atoms in total. The molecule has 0 aliphatic heterocycles. The number of rotatable bonds is 6. The summed E-state index contributed by atoms with van der Waals surface area (Å²) in [6, 6.07) is 14.9. The Balaban J connectivity index is 1.60. The number of nitrogens with zero attached hydrogens (tertiary/aromatic N) is 1. The SMILES string of the molecule is CCCCOc1c(F)cc(-c2ccc(-c3nc4cc(Cl)ccc4o3)cc2)cc1F. The van der Waals surface area contributed by atoms with Crippen LogP contribution in [0.1, 0.15) is 19.8 Å². The van der Waals surface area contributed by atoms with E-state index in [9.17, 15) is 8.78 Å². The molecule has 3 aromatic carbocycles. The number of hydrogen-bond acceptors (Lipinski definition) is 3. The van der Waals surface area contributed by atoms with E-state index in [-0.39, 0.29) is 12.4 Å². The molecule has 0 aliphatic rings. The van der Waals surface area contributed by atoms with Crippen LogP contribution in [0.4, 0.5) is 8.78 Å². The molecule has 0 saturated heterocycles. The van der Waals surface area contributed by atoms with Crippen molar-refractivity contribution in [3.05, 3.63) is 71.3 Å². The number of oxazole rings is 1. The maximum absolute atomic E-state index is 14.3. The molecule has 0 radical (unpaired) electrons. The van der Waals surface area contributed by atoms with Gasteiger partial charge in [0.15, 0.2) is 23.0 Å². The van der Waals surface area contributed by atoms with Crippen LogP contribution < -0.4 is 4.74 Å². The highest BCUT2D eigenvalue weighted by atomic mass is 35.5. The lowest BCUT2D eigenvalue weighted by molar-refractivity contribution is 0.279. The minimum Gasteiger partial charge on any atom is -0.488 e. The van der Waals surface area contributed by atoms with Crippen LogP contribution in [0.15, 0.2) is 59.0 Å². The summed E-state index contributed by atoms with van der Waals surface area (Å²) in [5.74, 6) is -1.30. The predicted octanol–water partition coefficient (Wildman–Crippen LogP) is 7.27. The minimum atomic E-state index is -0.712. The molecule has 0 aliphatic carbocycles. The number of halogens is 3. The van der Waals surface area contributed by atoms with Crippen molar-refractivity contribution in [3.8, 4) is 28.3 Å². The molecular weight excluding hydrogens is 396 g/mol. The Morgan fingerprint density at radius 1 is 0.931 bits per heavy atom. The third kappa shape index (κ3) is 4.10. The van der Waals surface area contributed by atoms with Crippen LogP contribution >= 0.6 is 11.6 Å². The van der Waals surface area contributed by atoms with Gasteiger partial charge in [0, 0.05) is 10.6 Å². The molecule has 0 spiro atoms. The van der Waals surface area contributed by atoms with Gasteiger partial charge < -0.3 is 9.15 Å². The molecule has 0 unspecified atom stereocenters. The van der Waals surface area contributed by atoms with E-state index in [0.29, 0.717) is 33.1 Å². The smallest absolute Gasteiger partial charge is 0.227 e. The van der Waals surface area contributed by atoms with Gasteiger partial charge >= 0.3 is 0 Å². The molecule has 29 heavy (non-hydrogen) atoms. The summed E-state index contributed by atoms with van der Waals surface area (Å²) < 4.78 is 39.6. The van der Waals surface area contributed by atoms with Crippen LogP contribution in [0.5, 0.6) is 5.75 Å². The van der Waals surface area contributed by atoms with Crippen LogP contribution in [0, 0.1) is 11.6 Å². The molecule has 148 valence electrons. The van der Waals surface area contributed by atoms with Gasteiger partial charge in [-0.3, -0.25) is 0 Å². The Morgan fingerprint density at radius 3 is 2.31 bits per heavy atom. The van der Waals surface area contributed by atoms with E-state index in [4.69, 9.17) is 20.8 Å². The van der Waals surface area contributed by atoms with Crippen molar-refractivity contribution in [1.29, 1.82) is 0 Å². The largest absolute Gasteiger partial charge is 0.488 e. The Labute approximate surface area is 171 Å². The monoisotopic (exact) mass is 413 g/mol. The Kier molecular flexibility index (Phi) is 5.49. The van der Waals surface area contributed by atoms with Crippen LogP contribution in [-0.4, -0.2) is 11.6 Å². The fourth-order valence-corrected chi connectivity index (χ4v) is 3.18. The van der Waals surface area contributed by atoms with E-state index in [1.807, 2.05) is 6.92 Å². The third-order valence-corrected chi connectivity index (χ3v) is 4.79. The topological polar surface area (TPSA) is 35.3 Å². The zero-order valence-electron chi connectivity index (χ0n) is 15.7. The van der Waals surface area contributed by atoms with E-state index in [1.165, 1.54) is 12.1 Å². The first-order chi connectivity index (χ1) is 14.0. The number of unbranched alkanes of at least 4 members (excludes halogenated alkanes) is 1. The molecule has 6 heteroatoms. The zero-order valence-corrected chi connectivity index (χ0v) is 16.5. The van der Waals surface area contributed by atoms with E-state index >= 15 is 0 Å². The molecule has 4 rings (SSSR count). The fraction of sp³-hybridized carbons (Fsp3) is 0.174. The Hall–Kier alpha value is -2.92. The Bertz CT molecular complexity index is 1130.